The number of aryl methyl sites for hydroxylation is 1. The molecule has 0 spiro atoms. The highest BCUT2D eigenvalue weighted by atomic mass is 16.6. The Balaban J connectivity index is 1.55. The van der Waals surface area contributed by atoms with Gasteiger partial charge in [-0.15, -0.1) is 0 Å². The molecule has 8 heteroatoms. The lowest BCUT2D eigenvalue weighted by Crippen LogP contribution is -2.25. The first-order valence-electron chi connectivity index (χ1n) is 9.48. The molecular weight excluding hydrogens is 396 g/mol. The van der Waals surface area contributed by atoms with E-state index < -0.39 is 5.97 Å². The summed E-state index contributed by atoms with van der Waals surface area (Å²) >= 11 is 0. The Bertz CT molecular complexity index is 1070. The van der Waals surface area contributed by atoms with Crippen LogP contribution in [0.1, 0.15) is 21.5 Å². The van der Waals surface area contributed by atoms with Crippen molar-refractivity contribution >= 4 is 23.8 Å². The zero-order valence-electron chi connectivity index (χ0n) is 17.2. The van der Waals surface area contributed by atoms with Crippen LogP contribution in [0, 0.1) is 6.92 Å². The third-order valence-corrected chi connectivity index (χ3v) is 4.20. The number of ether oxygens (including phenoxy) is 2. The van der Waals surface area contributed by atoms with Crippen LogP contribution in [-0.4, -0.2) is 36.7 Å². The number of hydrazone groups is 1. The molecule has 0 radical (unpaired) electrons. The predicted octanol–water partition coefficient (Wildman–Crippen LogP) is 3.18. The van der Waals surface area contributed by atoms with Crippen molar-refractivity contribution in [1.29, 1.82) is 0 Å². The number of pyridine rings is 1. The fraction of sp³-hybridized carbons (Fsp3) is 0.130. The third-order valence-electron chi connectivity index (χ3n) is 4.20. The van der Waals surface area contributed by atoms with Gasteiger partial charge in [0.2, 0.25) is 0 Å². The Morgan fingerprint density at radius 2 is 1.90 bits per heavy atom. The molecule has 0 unspecified atom stereocenters. The fourth-order valence-electron chi connectivity index (χ4n) is 2.56. The average molecular weight is 418 g/mol. The molecule has 8 nitrogen and oxygen atoms in total. The van der Waals surface area contributed by atoms with E-state index in [1.54, 1.807) is 36.5 Å². The lowest BCUT2D eigenvalue weighted by molar-refractivity contribution is -0.119. The van der Waals surface area contributed by atoms with Gasteiger partial charge >= 0.3 is 5.97 Å². The van der Waals surface area contributed by atoms with Gasteiger partial charge in [-0.3, -0.25) is 9.78 Å². The van der Waals surface area contributed by atoms with Gasteiger partial charge in [0.1, 0.15) is 0 Å². The number of aromatic nitrogens is 1. The molecule has 0 saturated heterocycles. The van der Waals surface area contributed by atoms with E-state index in [1.165, 1.54) is 19.5 Å². The molecule has 0 aliphatic rings. The Morgan fingerprint density at radius 1 is 1.10 bits per heavy atom. The van der Waals surface area contributed by atoms with E-state index in [9.17, 15) is 9.59 Å². The van der Waals surface area contributed by atoms with Crippen LogP contribution in [-0.2, 0) is 4.79 Å². The molecule has 2 N–H and O–H groups in total. The Labute approximate surface area is 179 Å². The molecule has 2 aromatic carbocycles. The number of carbonyl (C=O) groups is 2. The lowest BCUT2D eigenvalue weighted by atomic mass is 10.2. The first kappa shape index (κ1) is 21.5. The SMILES string of the molecule is COc1cc(/C=N/NC(=O)CNc2ccc(C)cc2)ccc1OC(=O)c1cccnc1. The van der Waals surface area contributed by atoms with Gasteiger partial charge in [-0.05, 0) is 55.0 Å². The molecule has 0 saturated carbocycles. The second-order valence-electron chi connectivity index (χ2n) is 6.55. The van der Waals surface area contributed by atoms with Crippen LogP contribution >= 0.6 is 0 Å². The molecule has 3 rings (SSSR count). The van der Waals surface area contributed by atoms with E-state index in [0.717, 1.165) is 11.3 Å². The van der Waals surface area contributed by atoms with Crippen molar-refractivity contribution in [2.24, 2.45) is 5.10 Å². The van der Waals surface area contributed by atoms with Crippen molar-refractivity contribution in [3.8, 4) is 11.5 Å². The molecule has 1 aromatic heterocycles. The molecule has 1 heterocycles. The molecule has 158 valence electrons. The van der Waals surface area contributed by atoms with Crippen molar-refractivity contribution in [3.63, 3.8) is 0 Å². The molecule has 3 aromatic rings. The quantitative estimate of drug-likeness (QED) is 0.252. The van der Waals surface area contributed by atoms with Gasteiger partial charge < -0.3 is 14.8 Å². The number of methoxy groups -OCH3 is 1. The van der Waals surface area contributed by atoms with Gasteiger partial charge in [-0.25, -0.2) is 10.2 Å². The average Bonchev–Trinajstić information content (AvgIpc) is 2.80. The van der Waals surface area contributed by atoms with Gasteiger partial charge in [0.25, 0.3) is 5.91 Å². The number of nitrogens with one attached hydrogen (secondary N) is 2. The van der Waals surface area contributed by atoms with E-state index in [2.05, 4.69) is 20.8 Å². The molecule has 0 aliphatic heterocycles. The van der Waals surface area contributed by atoms with E-state index >= 15 is 0 Å². The van der Waals surface area contributed by atoms with Gasteiger partial charge in [-0.1, -0.05) is 17.7 Å². The van der Waals surface area contributed by atoms with Crippen molar-refractivity contribution in [2.75, 3.05) is 19.0 Å². The minimum Gasteiger partial charge on any atom is -0.493 e. The highest BCUT2D eigenvalue weighted by Crippen LogP contribution is 2.28. The zero-order valence-corrected chi connectivity index (χ0v) is 17.2. The molecular formula is C23H22N4O4. The molecule has 0 fully saturated rings. The zero-order chi connectivity index (χ0) is 22.1. The Morgan fingerprint density at radius 3 is 2.61 bits per heavy atom. The Kier molecular flexibility index (Phi) is 7.31. The molecule has 0 atom stereocenters. The molecule has 31 heavy (non-hydrogen) atoms. The number of amides is 1. The van der Waals surface area contributed by atoms with Gasteiger partial charge in [0, 0.05) is 18.1 Å². The maximum absolute atomic E-state index is 12.2. The van der Waals surface area contributed by atoms with Crippen molar-refractivity contribution in [2.45, 2.75) is 6.92 Å². The fourth-order valence-corrected chi connectivity index (χ4v) is 2.56. The largest absolute Gasteiger partial charge is 0.493 e. The number of carbonyl (C=O) groups excluding carboxylic acids is 2. The van der Waals surface area contributed by atoms with Gasteiger partial charge in [-0.2, -0.15) is 5.10 Å². The van der Waals surface area contributed by atoms with Crippen LogP contribution < -0.4 is 20.2 Å². The predicted molar refractivity (Wildman–Crippen MR) is 118 cm³/mol. The van der Waals surface area contributed by atoms with Gasteiger partial charge in [0.15, 0.2) is 11.5 Å². The first-order chi connectivity index (χ1) is 15.0. The minimum absolute atomic E-state index is 0.0902. The number of hydrogen-bond donors (Lipinski definition) is 2. The monoisotopic (exact) mass is 418 g/mol. The van der Waals surface area contributed by atoms with E-state index in [4.69, 9.17) is 9.47 Å². The molecule has 0 aliphatic carbocycles. The highest BCUT2D eigenvalue weighted by Gasteiger charge is 2.12. The summed E-state index contributed by atoms with van der Waals surface area (Å²) in [5.74, 6) is -0.208. The van der Waals surface area contributed by atoms with Crippen LogP contribution in [0.4, 0.5) is 5.69 Å². The number of anilines is 1. The van der Waals surface area contributed by atoms with Crippen LogP contribution in [0.3, 0.4) is 0 Å². The second kappa shape index (κ2) is 10.5. The van der Waals surface area contributed by atoms with Crippen LogP contribution in [0.2, 0.25) is 0 Å². The van der Waals surface area contributed by atoms with E-state index in [1.807, 2.05) is 31.2 Å². The lowest BCUT2D eigenvalue weighted by Gasteiger charge is -2.09. The maximum Gasteiger partial charge on any atom is 0.345 e. The summed E-state index contributed by atoms with van der Waals surface area (Å²) < 4.78 is 10.7. The summed E-state index contributed by atoms with van der Waals surface area (Å²) in [5, 5.41) is 6.96. The van der Waals surface area contributed by atoms with E-state index in [0.29, 0.717) is 16.9 Å². The maximum atomic E-state index is 12.2. The minimum atomic E-state index is -0.541. The number of rotatable bonds is 8. The summed E-state index contributed by atoms with van der Waals surface area (Å²) in [6.07, 6.45) is 4.47. The summed E-state index contributed by atoms with van der Waals surface area (Å²) in [7, 11) is 1.47. The highest BCUT2D eigenvalue weighted by molar-refractivity contribution is 5.91. The summed E-state index contributed by atoms with van der Waals surface area (Å²) in [5.41, 5.74) is 5.44. The van der Waals surface area contributed by atoms with Crippen molar-refractivity contribution in [3.05, 3.63) is 83.7 Å². The number of hydrogen-bond acceptors (Lipinski definition) is 7. The third kappa shape index (κ3) is 6.40. The van der Waals surface area contributed by atoms with Crippen molar-refractivity contribution in [1.82, 2.24) is 10.4 Å². The summed E-state index contributed by atoms with van der Waals surface area (Å²) in [6, 6.07) is 15.9. The summed E-state index contributed by atoms with van der Waals surface area (Å²) in [6.45, 7) is 2.09. The molecule has 0 bridgehead atoms. The topological polar surface area (TPSA) is 102 Å². The van der Waals surface area contributed by atoms with E-state index in [-0.39, 0.29) is 18.2 Å². The molecule has 1 amide bonds. The number of nitrogens with zero attached hydrogens (tertiary/aromatic N) is 2. The Hall–Kier alpha value is -4.20. The smallest absolute Gasteiger partial charge is 0.345 e. The normalized spacial score (nSPS) is 10.5. The van der Waals surface area contributed by atoms with Crippen molar-refractivity contribution < 1.29 is 19.1 Å². The van der Waals surface area contributed by atoms with Crippen LogP contribution in [0.15, 0.2) is 72.1 Å². The first-order valence-corrected chi connectivity index (χ1v) is 9.48. The second-order valence-corrected chi connectivity index (χ2v) is 6.55. The summed E-state index contributed by atoms with van der Waals surface area (Å²) in [4.78, 5) is 28.0. The number of esters is 1. The number of benzene rings is 2. The van der Waals surface area contributed by atoms with Gasteiger partial charge in [0.05, 0.1) is 25.4 Å². The standard InChI is InChI=1S/C23H22N4O4/c1-16-5-8-19(9-6-16)25-15-22(28)27-26-13-17-7-10-20(21(12-17)30-2)31-23(29)18-4-3-11-24-14-18/h3-14,25H,15H2,1-2H3,(H,27,28)/b26-13+. The van der Waals surface area contributed by atoms with Crippen LogP contribution in [0.5, 0.6) is 11.5 Å². The van der Waals surface area contributed by atoms with Crippen LogP contribution in [0.25, 0.3) is 0 Å².